The molecule has 0 unspecified atom stereocenters. The molecule has 0 atom stereocenters. The molecule has 0 saturated carbocycles. The lowest BCUT2D eigenvalue weighted by Crippen LogP contribution is -2.47. The van der Waals surface area contributed by atoms with Crippen molar-refractivity contribution in [1.29, 1.82) is 0 Å². The van der Waals surface area contributed by atoms with Crippen LogP contribution in [0.5, 0.6) is 0 Å². The molecular formula is C21H27ClN4O2. The number of urea groups is 1. The Labute approximate surface area is 171 Å². The van der Waals surface area contributed by atoms with Crippen LogP contribution in [0.15, 0.2) is 54.6 Å². The molecule has 3 amide bonds. The van der Waals surface area contributed by atoms with Crippen molar-refractivity contribution < 1.29 is 9.59 Å². The van der Waals surface area contributed by atoms with E-state index in [1.54, 1.807) is 0 Å². The van der Waals surface area contributed by atoms with Crippen LogP contribution in [0.25, 0.3) is 0 Å². The van der Waals surface area contributed by atoms with Gasteiger partial charge in [0, 0.05) is 36.9 Å². The molecule has 6 nitrogen and oxygen atoms in total. The van der Waals surface area contributed by atoms with Crippen molar-refractivity contribution in [3.05, 3.63) is 60.2 Å². The molecule has 150 valence electrons. The van der Waals surface area contributed by atoms with Crippen LogP contribution in [0.1, 0.15) is 24.8 Å². The van der Waals surface area contributed by atoms with Gasteiger partial charge in [0.05, 0.1) is 0 Å². The van der Waals surface area contributed by atoms with Gasteiger partial charge in [-0.25, -0.2) is 4.79 Å². The largest absolute Gasteiger partial charge is 0.399 e. The highest BCUT2D eigenvalue weighted by molar-refractivity contribution is 5.89. The Morgan fingerprint density at radius 2 is 1.64 bits per heavy atom. The third kappa shape index (κ3) is 6.16. The standard InChI is InChI=1S/C21H26N4O2.ClH/c22-19-9-5-4-6-16(19)10-11-20(26)25-14-12-18(13-15-25)24-21(27)23-17-7-2-1-3-8-17;/h1-9,18H,10-15,22H2,(H2,23,24,27);1H. The molecule has 2 aromatic carbocycles. The molecule has 1 aliphatic rings. The Hall–Kier alpha value is -2.73. The van der Waals surface area contributed by atoms with E-state index in [0.29, 0.717) is 25.9 Å². The van der Waals surface area contributed by atoms with Crippen LogP contribution < -0.4 is 16.4 Å². The summed E-state index contributed by atoms with van der Waals surface area (Å²) >= 11 is 0. The molecule has 4 N–H and O–H groups in total. The minimum atomic E-state index is -0.203. The third-order valence-corrected chi connectivity index (χ3v) is 4.88. The van der Waals surface area contributed by atoms with Crippen molar-refractivity contribution in [2.45, 2.75) is 31.7 Å². The van der Waals surface area contributed by atoms with Crippen LogP contribution in [0.2, 0.25) is 0 Å². The third-order valence-electron chi connectivity index (χ3n) is 4.88. The highest BCUT2D eigenvalue weighted by Crippen LogP contribution is 2.16. The number of hydrogen-bond acceptors (Lipinski definition) is 3. The lowest BCUT2D eigenvalue weighted by molar-refractivity contribution is -0.132. The minimum absolute atomic E-state index is 0. The van der Waals surface area contributed by atoms with Gasteiger partial charge in [0.15, 0.2) is 0 Å². The molecule has 1 saturated heterocycles. The number of carbonyl (C=O) groups is 2. The monoisotopic (exact) mass is 402 g/mol. The van der Waals surface area contributed by atoms with Gasteiger partial charge >= 0.3 is 6.03 Å². The highest BCUT2D eigenvalue weighted by Gasteiger charge is 2.23. The first kappa shape index (κ1) is 21.6. The average molecular weight is 403 g/mol. The predicted octanol–water partition coefficient (Wildman–Crippen LogP) is 3.44. The number of anilines is 2. The molecule has 1 aliphatic heterocycles. The van der Waals surface area contributed by atoms with E-state index in [1.165, 1.54) is 0 Å². The fourth-order valence-corrected chi connectivity index (χ4v) is 3.31. The maximum Gasteiger partial charge on any atom is 0.319 e. The fourth-order valence-electron chi connectivity index (χ4n) is 3.31. The molecule has 3 rings (SSSR count). The molecule has 2 aromatic rings. The number of rotatable bonds is 5. The van der Waals surface area contributed by atoms with Gasteiger partial charge in [-0.05, 0) is 43.0 Å². The number of piperidine rings is 1. The topological polar surface area (TPSA) is 87.5 Å². The Morgan fingerprint density at radius 1 is 1.00 bits per heavy atom. The van der Waals surface area contributed by atoms with Crippen LogP contribution >= 0.6 is 12.4 Å². The van der Waals surface area contributed by atoms with E-state index in [1.807, 2.05) is 59.5 Å². The van der Waals surface area contributed by atoms with E-state index in [9.17, 15) is 9.59 Å². The number of carbonyl (C=O) groups excluding carboxylic acids is 2. The van der Waals surface area contributed by atoms with Gasteiger partial charge in [-0.1, -0.05) is 36.4 Å². The Kier molecular flexibility index (Phi) is 8.14. The van der Waals surface area contributed by atoms with E-state index in [0.717, 1.165) is 29.8 Å². The summed E-state index contributed by atoms with van der Waals surface area (Å²) in [7, 11) is 0. The van der Waals surface area contributed by atoms with Gasteiger partial charge in [0.2, 0.25) is 5.91 Å². The zero-order chi connectivity index (χ0) is 19.1. The number of nitrogens with one attached hydrogen (secondary N) is 2. The molecule has 7 heteroatoms. The maximum absolute atomic E-state index is 12.4. The smallest absolute Gasteiger partial charge is 0.319 e. The number of nitrogens with two attached hydrogens (primary N) is 1. The summed E-state index contributed by atoms with van der Waals surface area (Å²) in [6.45, 7) is 1.33. The van der Waals surface area contributed by atoms with Crippen molar-refractivity contribution >= 4 is 35.7 Å². The maximum atomic E-state index is 12.4. The minimum Gasteiger partial charge on any atom is -0.399 e. The zero-order valence-electron chi connectivity index (χ0n) is 15.8. The molecule has 0 bridgehead atoms. The lowest BCUT2D eigenvalue weighted by Gasteiger charge is -2.32. The number of hydrogen-bond donors (Lipinski definition) is 3. The molecule has 1 heterocycles. The second-order valence-electron chi connectivity index (χ2n) is 6.82. The number of nitrogens with zero attached hydrogens (tertiary/aromatic N) is 1. The van der Waals surface area contributed by atoms with Crippen LogP contribution in [-0.2, 0) is 11.2 Å². The average Bonchev–Trinajstić information content (AvgIpc) is 2.68. The van der Waals surface area contributed by atoms with Crippen molar-refractivity contribution in [3.8, 4) is 0 Å². The van der Waals surface area contributed by atoms with Crippen molar-refractivity contribution in [2.75, 3.05) is 24.1 Å². The van der Waals surface area contributed by atoms with Crippen LogP contribution in [-0.4, -0.2) is 36.0 Å². The van der Waals surface area contributed by atoms with Crippen molar-refractivity contribution in [1.82, 2.24) is 10.2 Å². The van der Waals surface area contributed by atoms with Crippen LogP contribution in [0.3, 0.4) is 0 Å². The summed E-state index contributed by atoms with van der Waals surface area (Å²) in [6.07, 6.45) is 2.65. The SMILES string of the molecule is Cl.Nc1ccccc1CCC(=O)N1CCC(NC(=O)Nc2ccccc2)CC1. The molecule has 0 radical (unpaired) electrons. The second-order valence-corrected chi connectivity index (χ2v) is 6.82. The van der Waals surface area contributed by atoms with E-state index >= 15 is 0 Å². The second kappa shape index (κ2) is 10.6. The number of para-hydroxylation sites is 2. The normalized spacial score (nSPS) is 14.1. The Balaban J connectivity index is 0.00000280. The quantitative estimate of drug-likeness (QED) is 0.669. The lowest BCUT2D eigenvalue weighted by atomic mass is 10.0. The first-order valence-electron chi connectivity index (χ1n) is 9.35. The van der Waals surface area contributed by atoms with Gasteiger partial charge in [0.25, 0.3) is 0 Å². The van der Waals surface area contributed by atoms with Crippen molar-refractivity contribution in [2.24, 2.45) is 0 Å². The summed E-state index contributed by atoms with van der Waals surface area (Å²) in [5.41, 5.74) is 8.45. The van der Waals surface area contributed by atoms with Crippen molar-refractivity contribution in [3.63, 3.8) is 0 Å². The summed E-state index contributed by atoms with van der Waals surface area (Å²) in [5, 5.41) is 5.81. The number of aryl methyl sites for hydroxylation is 1. The van der Waals surface area contributed by atoms with E-state index in [2.05, 4.69) is 10.6 Å². The Morgan fingerprint density at radius 3 is 2.32 bits per heavy atom. The number of nitrogen functional groups attached to an aromatic ring is 1. The summed E-state index contributed by atoms with van der Waals surface area (Å²) in [4.78, 5) is 26.4. The number of benzene rings is 2. The van der Waals surface area contributed by atoms with E-state index in [4.69, 9.17) is 5.73 Å². The van der Waals surface area contributed by atoms with Gasteiger partial charge in [-0.2, -0.15) is 0 Å². The number of halogens is 1. The summed E-state index contributed by atoms with van der Waals surface area (Å²) in [5.74, 6) is 0.144. The van der Waals surface area contributed by atoms with Crippen LogP contribution in [0, 0.1) is 0 Å². The first-order valence-corrected chi connectivity index (χ1v) is 9.35. The van der Waals surface area contributed by atoms with E-state index in [-0.39, 0.29) is 30.4 Å². The Bertz CT molecular complexity index is 777. The summed E-state index contributed by atoms with van der Waals surface area (Å²) < 4.78 is 0. The zero-order valence-corrected chi connectivity index (χ0v) is 16.6. The number of likely N-dealkylation sites (tertiary alicyclic amines) is 1. The predicted molar refractivity (Wildman–Crippen MR) is 115 cm³/mol. The van der Waals surface area contributed by atoms with Crippen LogP contribution in [0.4, 0.5) is 16.2 Å². The molecule has 0 spiro atoms. The highest BCUT2D eigenvalue weighted by atomic mass is 35.5. The summed E-state index contributed by atoms with van der Waals surface area (Å²) in [6, 6.07) is 16.9. The molecule has 1 fully saturated rings. The van der Waals surface area contributed by atoms with Gasteiger partial charge in [-0.3, -0.25) is 4.79 Å². The molecule has 0 aromatic heterocycles. The molecule has 28 heavy (non-hydrogen) atoms. The fraction of sp³-hybridized carbons (Fsp3) is 0.333. The molecule has 0 aliphatic carbocycles. The van der Waals surface area contributed by atoms with Gasteiger partial charge < -0.3 is 21.3 Å². The number of amides is 3. The van der Waals surface area contributed by atoms with E-state index < -0.39 is 0 Å². The van der Waals surface area contributed by atoms with Gasteiger partial charge in [-0.15, -0.1) is 12.4 Å². The molecular weight excluding hydrogens is 376 g/mol. The first-order chi connectivity index (χ1) is 13.1. The van der Waals surface area contributed by atoms with Gasteiger partial charge in [0.1, 0.15) is 0 Å².